The Balaban J connectivity index is 1.47. The van der Waals surface area contributed by atoms with Crippen molar-refractivity contribution in [2.24, 2.45) is 0 Å². The molecule has 1 amide bonds. The molecule has 3 aromatic rings. The summed E-state index contributed by atoms with van der Waals surface area (Å²) in [6.07, 6.45) is -2.61. The van der Waals surface area contributed by atoms with Crippen molar-refractivity contribution >= 4 is 32.9 Å². The van der Waals surface area contributed by atoms with Crippen LogP contribution in [0.15, 0.2) is 53.0 Å². The van der Waals surface area contributed by atoms with Crippen LogP contribution in [0.1, 0.15) is 23.8 Å². The summed E-state index contributed by atoms with van der Waals surface area (Å²) in [5, 5.41) is 30.8. The minimum absolute atomic E-state index is 0.165. The average Bonchev–Trinajstić information content (AvgIpc) is 3.09. The number of amides is 1. The maximum atomic E-state index is 11.7. The molecule has 0 radical (unpaired) electrons. The Kier molecular flexibility index (Phi) is 6.44. The zero-order valence-electron chi connectivity index (χ0n) is 14.4. The molecule has 8 heteroatoms. The molecule has 7 nitrogen and oxygen atoms in total. The van der Waals surface area contributed by atoms with Crippen LogP contribution in [-0.2, 0) is 11.3 Å². The van der Waals surface area contributed by atoms with Crippen molar-refractivity contribution in [2.75, 3.05) is 6.54 Å². The van der Waals surface area contributed by atoms with Crippen LogP contribution >= 0.6 is 15.9 Å². The van der Waals surface area contributed by atoms with Gasteiger partial charge >= 0.3 is 6.09 Å². The van der Waals surface area contributed by atoms with E-state index < -0.39 is 18.3 Å². The van der Waals surface area contributed by atoms with Gasteiger partial charge in [0, 0.05) is 16.4 Å². The summed E-state index contributed by atoms with van der Waals surface area (Å²) in [5.41, 5.74) is 2.02. The van der Waals surface area contributed by atoms with Gasteiger partial charge in [-0.25, -0.2) is 4.79 Å². The molecule has 0 spiro atoms. The molecule has 4 N–H and O–H groups in total. The van der Waals surface area contributed by atoms with Crippen LogP contribution in [0.5, 0.6) is 0 Å². The summed E-state index contributed by atoms with van der Waals surface area (Å²) in [7, 11) is 0. The Hall–Kier alpha value is -2.42. The number of hydrogen-bond acceptors (Lipinski definition) is 5. The zero-order valence-corrected chi connectivity index (χ0v) is 16.0. The fraction of sp³-hybridized carbons (Fsp3) is 0.263. The highest BCUT2D eigenvalue weighted by Crippen LogP contribution is 2.27. The molecule has 0 saturated carbocycles. The topological polar surface area (TPSA) is 107 Å². The first-order valence-corrected chi connectivity index (χ1v) is 9.28. The fourth-order valence-electron chi connectivity index (χ4n) is 2.68. The lowest BCUT2D eigenvalue weighted by Gasteiger charge is -2.17. The molecule has 0 fully saturated rings. The van der Waals surface area contributed by atoms with Gasteiger partial charge in [-0.1, -0.05) is 46.3 Å². The van der Waals surface area contributed by atoms with E-state index >= 15 is 0 Å². The van der Waals surface area contributed by atoms with Gasteiger partial charge in [0.2, 0.25) is 0 Å². The number of nitrogens with one attached hydrogen (secondary N) is 2. The Morgan fingerprint density at radius 3 is 2.78 bits per heavy atom. The molecule has 3 rings (SSSR count). The first-order valence-electron chi connectivity index (χ1n) is 8.49. The van der Waals surface area contributed by atoms with Crippen LogP contribution in [0.4, 0.5) is 4.79 Å². The lowest BCUT2D eigenvalue weighted by atomic mass is 10.0. The molecule has 1 heterocycles. The van der Waals surface area contributed by atoms with Gasteiger partial charge in [-0.15, -0.1) is 0 Å². The Labute approximate surface area is 164 Å². The van der Waals surface area contributed by atoms with Gasteiger partial charge in [-0.3, -0.25) is 5.10 Å². The average molecular weight is 434 g/mol. The van der Waals surface area contributed by atoms with Crippen molar-refractivity contribution in [3.63, 3.8) is 0 Å². The van der Waals surface area contributed by atoms with Gasteiger partial charge in [-0.05, 0) is 30.2 Å². The Morgan fingerprint density at radius 1 is 1.22 bits per heavy atom. The number of aliphatic hydroxyl groups is 2. The first kappa shape index (κ1) is 19.3. The van der Waals surface area contributed by atoms with Gasteiger partial charge in [0.1, 0.15) is 12.7 Å². The highest BCUT2D eigenvalue weighted by molar-refractivity contribution is 9.10. The molecule has 0 aliphatic heterocycles. The Morgan fingerprint density at radius 2 is 2.00 bits per heavy atom. The number of ether oxygens (including phenoxy) is 1. The molecule has 1 aromatic heterocycles. The number of nitrogens with zero attached hydrogens (tertiary/aromatic N) is 1. The maximum absolute atomic E-state index is 11.7. The van der Waals surface area contributed by atoms with Crippen molar-refractivity contribution in [1.82, 2.24) is 15.5 Å². The van der Waals surface area contributed by atoms with Crippen LogP contribution < -0.4 is 5.32 Å². The minimum atomic E-state index is -1.14. The number of benzene rings is 2. The third-order valence-corrected chi connectivity index (χ3v) is 4.62. The van der Waals surface area contributed by atoms with Gasteiger partial charge in [0.05, 0.1) is 17.3 Å². The summed E-state index contributed by atoms with van der Waals surface area (Å²) < 4.78 is 5.97. The number of H-pyrrole nitrogens is 1. The van der Waals surface area contributed by atoms with E-state index in [1.807, 2.05) is 48.5 Å². The highest BCUT2D eigenvalue weighted by atomic mass is 79.9. The summed E-state index contributed by atoms with van der Waals surface area (Å²) in [6, 6.07) is 14.8. The SMILES string of the molecule is O=C(NCCC(O)C(O)c1[nH]nc2cc(Br)ccc12)OCc1ccccc1. The largest absolute Gasteiger partial charge is 0.445 e. The molecule has 0 bridgehead atoms. The van der Waals surface area contributed by atoms with E-state index in [0.29, 0.717) is 11.2 Å². The minimum Gasteiger partial charge on any atom is -0.445 e. The van der Waals surface area contributed by atoms with E-state index in [9.17, 15) is 15.0 Å². The zero-order chi connectivity index (χ0) is 19.2. The van der Waals surface area contributed by atoms with E-state index in [2.05, 4.69) is 31.4 Å². The summed E-state index contributed by atoms with van der Waals surface area (Å²) in [4.78, 5) is 11.7. The van der Waals surface area contributed by atoms with Gasteiger partial charge in [-0.2, -0.15) is 5.10 Å². The van der Waals surface area contributed by atoms with E-state index in [4.69, 9.17) is 4.74 Å². The second-order valence-electron chi connectivity index (χ2n) is 6.09. The van der Waals surface area contributed by atoms with Gasteiger partial charge in [0.15, 0.2) is 0 Å². The molecule has 2 aromatic carbocycles. The molecule has 0 saturated heterocycles. The number of carbonyl (C=O) groups is 1. The monoisotopic (exact) mass is 433 g/mol. The number of halogens is 1. The van der Waals surface area contributed by atoms with Gasteiger partial charge < -0.3 is 20.3 Å². The standard InChI is InChI=1S/C19H20BrN3O4/c20-13-6-7-14-15(10-13)22-23-17(14)18(25)16(24)8-9-21-19(26)27-11-12-4-2-1-3-5-12/h1-7,10,16,18,24-25H,8-9,11H2,(H,21,26)(H,22,23). The van der Waals surface area contributed by atoms with Crippen LogP contribution in [0.25, 0.3) is 10.9 Å². The number of rotatable bonds is 7. The first-order chi connectivity index (χ1) is 13.0. The van der Waals surface area contributed by atoms with Gasteiger partial charge in [0.25, 0.3) is 0 Å². The van der Waals surface area contributed by atoms with Crippen molar-refractivity contribution in [3.8, 4) is 0 Å². The lowest BCUT2D eigenvalue weighted by molar-refractivity contribution is 0.0119. The number of carbonyl (C=O) groups excluding carboxylic acids is 1. The molecular weight excluding hydrogens is 414 g/mol. The van der Waals surface area contributed by atoms with Crippen LogP contribution in [0.2, 0.25) is 0 Å². The number of alkyl carbamates (subject to hydrolysis) is 1. The van der Waals surface area contributed by atoms with Crippen LogP contribution in [0.3, 0.4) is 0 Å². The summed E-state index contributed by atoms with van der Waals surface area (Å²) in [5.74, 6) is 0. The third kappa shape index (κ3) is 5.06. The van der Waals surface area contributed by atoms with Crippen LogP contribution in [0, 0.1) is 0 Å². The molecule has 2 unspecified atom stereocenters. The maximum Gasteiger partial charge on any atom is 0.407 e. The van der Waals surface area contributed by atoms with E-state index in [1.165, 1.54) is 0 Å². The van der Waals surface area contributed by atoms with Crippen LogP contribution in [-0.4, -0.2) is 39.2 Å². The number of aromatic amines is 1. The number of hydrogen-bond donors (Lipinski definition) is 4. The molecule has 0 aliphatic carbocycles. The van der Waals surface area contributed by atoms with E-state index in [-0.39, 0.29) is 19.6 Å². The van der Waals surface area contributed by atoms with Crippen molar-refractivity contribution < 1.29 is 19.7 Å². The predicted octanol–water partition coefficient (Wildman–Crippen LogP) is 3.04. The predicted molar refractivity (Wildman–Crippen MR) is 104 cm³/mol. The fourth-order valence-corrected chi connectivity index (χ4v) is 3.03. The quantitative estimate of drug-likeness (QED) is 0.457. The molecule has 142 valence electrons. The summed E-state index contributed by atoms with van der Waals surface area (Å²) in [6.45, 7) is 0.344. The molecule has 27 heavy (non-hydrogen) atoms. The Bertz CT molecular complexity index is 900. The normalized spacial score (nSPS) is 13.3. The number of fused-ring (bicyclic) bond motifs is 1. The third-order valence-electron chi connectivity index (χ3n) is 4.13. The highest BCUT2D eigenvalue weighted by Gasteiger charge is 2.22. The molecule has 0 aliphatic rings. The molecular formula is C19H20BrN3O4. The van der Waals surface area contributed by atoms with E-state index in [1.54, 1.807) is 0 Å². The van der Waals surface area contributed by atoms with Crippen molar-refractivity contribution in [3.05, 3.63) is 64.3 Å². The summed E-state index contributed by atoms with van der Waals surface area (Å²) >= 11 is 3.37. The van der Waals surface area contributed by atoms with E-state index in [0.717, 1.165) is 15.4 Å². The molecule has 2 atom stereocenters. The number of aromatic nitrogens is 2. The smallest absolute Gasteiger partial charge is 0.407 e. The lowest BCUT2D eigenvalue weighted by Crippen LogP contribution is -2.30. The second kappa shape index (κ2) is 8.98. The van der Waals surface area contributed by atoms with Crippen molar-refractivity contribution in [2.45, 2.75) is 25.2 Å². The van der Waals surface area contributed by atoms with Crippen molar-refractivity contribution in [1.29, 1.82) is 0 Å². The second-order valence-corrected chi connectivity index (χ2v) is 7.00. The number of aliphatic hydroxyl groups excluding tert-OH is 2.